The standard InChI is InChI=1S/C27H27N3O3/c31-25-13-7-1-4-10-16(13)28-22-19(25)23-21(27(33)14-8-2-5-11-17(14)29-23)24-20(22)26(32)15-9-3-6-12-18(15)30-24/h1-12H2,(H,28,31)(H,29,33)(H,30,32). The van der Waals surface area contributed by atoms with Crippen LogP contribution in [-0.2, 0) is 38.5 Å². The lowest BCUT2D eigenvalue weighted by Gasteiger charge is -2.22. The third-order valence-electron chi connectivity index (χ3n) is 8.23. The highest BCUT2D eigenvalue weighted by atomic mass is 16.1. The summed E-state index contributed by atoms with van der Waals surface area (Å²) in [5.41, 5.74) is 7.08. The largest absolute Gasteiger partial charge is 0.357 e. The third kappa shape index (κ3) is 2.58. The van der Waals surface area contributed by atoms with E-state index in [-0.39, 0.29) is 16.3 Å². The second-order valence-electron chi connectivity index (χ2n) is 10.1. The van der Waals surface area contributed by atoms with Gasteiger partial charge >= 0.3 is 0 Å². The first-order chi connectivity index (χ1) is 16.1. The minimum Gasteiger partial charge on any atom is -0.357 e. The summed E-state index contributed by atoms with van der Waals surface area (Å²) in [6, 6.07) is 0. The van der Waals surface area contributed by atoms with Gasteiger partial charge in [-0.2, -0.15) is 0 Å². The minimum atomic E-state index is -0.0196. The zero-order valence-corrected chi connectivity index (χ0v) is 18.7. The number of nitrogens with one attached hydrogen (secondary N) is 3. The summed E-state index contributed by atoms with van der Waals surface area (Å²) in [4.78, 5) is 52.2. The van der Waals surface area contributed by atoms with Crippen LogP contribution in [0, 0.1) is 0 Å². The molecule has 0 saturated carbocycles. The molecule has 0 spiro atoms. The Hall–Kier alpha value is -3.15. The Kier molecular flexibility index (Phi) is 4.06. The van der Waals surface area contributed by atoms with Crippen molar-refractivity contribution in [3.8, 4) is 0 Å². The molecule has 3 aliphatic rings. The van der Waals surface area contributed by atoms with Gasteiger partial charge in [0.2, 0.25) is 0 Å². The van der Waals surface area contributed by atoms with Gasteiger partial charge in [0.15, 0.2) is 16.3 Å². The molecule has 0 atom stereocenters. The first kappa shape index (κ1) is 19.3. The molecule has 0 aliphatic heterocycles. The summed E-state index contributed by atoms with van der Waals surface area (Å²) in [6.07, 6.45) is 10.8. The number of aromatic nitrogens is 3. The average molecular weight is 442 g/mol. The van der Waals surface area contributed by atoms with Crippen LogP contribution in [0.5, 0.6) is 0 Å². The maximum Gasteiger partial charge on any atom is 0.194 e. The molecule has 0 unspecified atom stereocenters. The first-order valence-corrected chi connectivity index (χ1v) is 12.5. The summed E-state index contributed by atoms with van der Waals surface area (Å²) in [5, 5.41) is 1.47. The zero-order valence-electron chi connectivity index (χ0n) is 18.7. The van der Waals surface area contributed by atoms with E-state index < -0.39 is 0 Å². The van der Waals surface area contributed by atoms with Gasteiger partial charge in [0.25, 0.3) is 0 Å². The summed E-state index contributed by atoms with van der Waals surface area (Å²) in [7, 11) is 0. The number of aryl methyl sites for hydroxylation is 3. The number of fused-ring (bicyclic) bond motifs is 9. The van der Waals surface area contributed by atoms with E-state index in [4.69, 9.17) is 0 Å². The van der Waals surface area contributed by atoms with Gasteiger partial charge in [-0.1, -0.05) is 0 Å². The molecule has 168 valence electrons. The normalized spacial score (nSPS) is 17.8. The Morgan fingerprint density at radius 1 is 0.394 bits per heavy atom. The van der Waals surface area contributed by atoms with Gasteiger partial charge in [-0.25, -0.2) is 0 Å². The smallest absolute Gasteiger partial charge is 0.194 e. The van der Waals surface area contributed by atoms with Crippen molar-refractivity contribution in [1.82, 2.24) is 15.0 Å². The molecule has 0 radical (unpaired) electrons. The van der Waals surface area contributed by atoms with Crippen molar-refractivity contribution in [3.05, 3.63) is 64.4 Å². The summed E-state index contributed by atoms with van der Waals surface area (Å²) in [5.74, 6) is 0. The van der Waals surface area contributed by atoms with Crippen molar-refractivity contribution >= 4 is 32.7 Å². The lowest BCUT2D eigenvalue weighted by molar-refractivity contribution is 0.665. The number of hydrogen-bond acceptors (Lipinski definition) is 3. The fraction of sp³-hybridized carbons (Fsp3) is 0.444. The van der Waals surface area contributed by atoms with E-state index in [1.165, 1.54) is 0 Å². The first-order valence-electron chi connectivity index (χ1n) is 12.5. The summed E-state index contributed by atoms with van der Waals surface area (Å²) in [6.45, 7) is 0. The van der Waals surface area contributed by atoms with Gasteiger partial charge < -0.3 is 15.0 Å². The second-order valence-corrected chi connectivity index (χ2v) is 10.1. The lowest BCUT2D eigenvalue weighted by atomic mass is 9.89. The molecular formula is C27H27N3O3. The number of benzene rings is 1. The molecule has 4 aromatic rings. The highest BCUT2D eigenvalue weighted by Crippen LogP contribution is 2.33. The summed E-state index contributed by atoms with van der Waals surface area (Å²) >= 11 is 0. The average Bonchev–Trinajstić information content (AvgIpc) is 2.84. The van der Waals surface area contributed by atoms with Crippen LogP contribution in [0.2, 0.25) is 0 Å². The van der Waals surface area contributed by atoms with Crippen LogP contribution >= 0.6 is 0 Å². The predicted octanol–water partition coefficient (Wildman–Crippen LogP) is 3.85. The fourth-order valence-corrected chi connectivity index (χ4v) is 6.59. The lowest BCUT2D eigenvalue weighted by Crippen LogP contribution is -2.25. The highest BCUT2D eigenvalue weighted by Gasteiger charge is 2.27. The second kappa shape index (κ2) is 6.92. The molecular weight excluding hydrogens is 414 g/mol. The third-order valence-corrected chi connectivity index (χ3v) is 8.23. The Bertz CT molecular complexity index is 1460. The van der Waals surface area contributed by atoms with Crippen LogP contribution in [0.3, 0.4) is 0 Å². The van der Waals surface area contributed by atoms with Crippen LogP contribution in [0.15, 0.2) is 14.4 Å². The molecule has 3 aliphatic carbocycles. The predicted molar refractivity (Wildman–Crippen MR) is 131 cm³/mol. The molecule has 0 bridgehead atoms. The number of rotatable bonds is 0. The van der Waals surface area contributed by atoms with E-state index in [0.29, 0.717) is 32.7 Å². The maximum atomic E-state index is 13.9. The highest BCUT2D eigenvalue weighted by molar-refractivity contribution is 6.22. The van der Waals surface area contributed by atoms with E-state index in [2.05, 4.69) is 15.0 Å². The van der Waals surface area contributed by atoms with E-state index >= 15 is 0 Å². The Morgan fingerprint density at radius 2 is 0.667 bits per heavy atom. The van der Waals surface area contributed by atoms with E-state index in [9.17, 15) is 14.4 Å². The topological polar surface area (TPSA) is 98.6 Å². The van der Waals surface area contributed by atoms with E-state index in [1.54, 1.807) is 0 Å². The van der Waals surface area contributed by atoms with Crippen molar-refractivity contribution in [2.45, 2.75) is 77.0 Å². The zero-order chi connectivity index (χ0) is 22.3. The number of pyridine rings is 3. The molecule has 1 aromatic carbocycles. The molecule has 6 nitrogen and oxygen atoms in total. The van der Waals surface area contributed by atoms with Gasteiger partial charge in [0.1, 0.15) is 0 Å². The van der Waals surface area contributed by atoms with Crippen LogP contribution in [-0.4, -0.2) is 15.0 Å². The Morgan fingerprint density at radius 3 is 0.970 bits per heavy atom. The van der Waals surface area contributed by atoms with Crippen LogP contribution < -0.4 is 16.3 Å². The molecule has 3 aromatic heterocycles. The van der Waals surface area contributed by atoms with Crippen LogP contribution in [0.25, 0.3) is 32.7 Å². The van der Waals surface area contributed by atoms with Crippen molar-refractivity contribution in [2.24, 2.45) is 0 Å². The Balaban J connectivity index is 1.79. The summed E-state index contributed by atoms with van der Waals surface area (Å²) < 4.78 is 0. The fourth-order valence-electron chi connectivity index (χ4n) is 6.59. The van der Waals surface area contributed by atoms with Crippen LogP contribution in [0.4, 0.5) is 0 Å². The van der Waals surface area contributed by atoms with Gasteiger partial charge in [0.05, 0.1) is 32.7 Å². The molecule has 3 N–H and O–H groups in total. The number of hydrogen-bond donors (Lipinski definition) is 3. The van der Waals surface area contributed by atoms with Gasteiger partial charge in [-0.05, 0) is 77.0 Å². The molecule has 0 amide bonds. The minimum absolute atomic E-state index is 0.0196. The molecule has 7 rings (SSSR count). The van der Waals surface area contributed by atoms with Crippen molar-refractivity contribution in [3.63, 3.8) is 0 Å². The van der Waals surface area contributed by atoms with Crippen molar-refractivity contribution in [2.75, 3.05) is 0 Å². The van der Waals surface area contributed by atoms with Gasteiger partial charge in [-0.15, -0.1) is 0 Å². The number of H-pyrrole nitrogens is 3. The Labute approximate surface area is 189 Å². The monoisotopic (exact) mass is 441 g/mol. The quantitative estimate of drug-likeness (QED) is 0.362. The van der Waals surface area contributed by atoms with Crippen LogP contribution in [0.1, 0.15) is 72.3 Å². The number of aromatic amines is 3. The molecule has 0 fully saturated rings. The maximum absolute atomic E-state index is 13.9. The molecule has 33 heavy (non-hydrogen) atoms. The van der Waals surface area contributed by atoms with E-state index in [0.717, 1.165) is 111 Å². The molecule has 3 heterocycles. The molecule has 6 heteroatoms. The van der Waals surface area contributed by atoms with Gasteiger partial charge in [0, 0.05) is 33.8 Å². The van der Waals surface area contributed by atoms with Crippen molar-refractivity contribution in [1.29, 1.82) is 0 Å². The SMILES string of the molecule is O=c1c2c([nH]c3c1c1[nH]c4c(c(=O)c1c1[nH]c5c(c(=O)c31)CCCC5)CCCC4)CCCC2. The van der Waals surface area contributed by atoms with E-state index in [1.807, 2.05) is 0 Å². The van der Waals surface area contributed by atoms with Crippen molar-refractivity contribution < 1.29 is 0 Å². The van der Waals surface area contributed by atoms with Gasteiger partial charge in [-0.3, -0.25) is 14.4 Å². The molecule has 0 saturated heterocycles.